The fourth-order valence-corrected chi connectivity index (χ4v) is 4.59. The minimum absolute atomic E-state index is 0.0170. The van der Waals surface area contributed by atoms with E-state index in [1.54, 1.807) is 48.5 Å². The number of thioether (sulfide) groups is 1. The van der Waals surface area contributed by atoms with Crippen molar-refractivity contribution in [2.24, 2.45) is 0 Å². The molecular weight excluding hydrogens is 531 g/mol. The van der Waals surface area contributed by atoms with E-state index >= 15 is 0 Å². The average molecular weight is 548 g/mol. The van der Waals surface area contributed by atoms with E-state index in [1.165, 1.54) is 18.1 Å². The number of amidine groups is 1. The summed E-state index contributed by atoms with van der Waals surface area (Å²) in [5.74, 6) is -0.0500. The van der Waals surface area contributed by atoms with Crippen molar-refractivity contribution in [2.75, 3.05) is 12.0 Å². The van der Waals surface area contributed by atoms with Crippen molar-refractivity contribution < 1.29 is 18.7 Å². The Bertz CT molecular complexity index is 1270. The van der Waals surface area contributed by atoms with Crippen LogP contribution in [0.1, 0.15) is 11.1 Å². The van der Waals surface area contributed by atoms with Gasteiger partial charge < -0.3 is 9.47 Å². The first kappa shape index (κ1) is 23.4. The number of rotatable bonds is 6. The molecule has 168 valence electrons. The Kier molecular flexibility index (Phi) is 7.07. The van der Waals surface area contributed by atoms with E-state index in [2.05, 4.69) is 15.9 Å². The molecule has 1 fully saturated rings. The van der Waals surface area contributed by atoms with E-state index in [0.29, 0.717) is 27.5 Å². The molecule has 0 bridgehead atoms. The van der Waals surface area contributed by atoms with E-state index in [0.717, 1.165) is 16.2 Å². The highest BCUT2D eigenvalue weighted by atomic mass is 79.9. The fourth-order valence-electron chi connectivity index (χ4n) is 3.19. The molecule has 0 aliphatic carbocycles. The molecule has 0 atom stereocenters. The standard InChI is InChI=1S/C24H17BrClFN2O3S/c1-31-20-11-14(10-18(26)22(20)32-13-15-4-2-3-5-19(15)27)12-21-23(30)29(24(28)33-21)17-8-6-16(25)7-9-17/h2-12,28H,13H2,1H3. The van der Waals surface area contributed by atoms with Crippen LogP contribution in [0.4, 0.5) is 10.1 Å². The van der Waals surface area contributed by atoms with Crippen LogP contribution in [-0.4, -0.2) is 18.2 Å². The van der Waals surface area contributed by atoms with Crippen molar-refractivity contribution in [3.05, 3.63) is 92.0 Å². The number of nitrogens with one attached hydrogen (secondary N) is 1. The van der Waals surface area contributed by atoms with Crippen molar-refractivity contribution in [3.8, 4) is 11.5 Å². The Morgan fingerprint density at radius 1 is 1.18 bits per heavy atom. The Morgan fingerprint density at radius 2 is 1.91 bits per heavy atom. The molecule has 0 radical (unpaired) electrons. The summed E-state index contributed by atoms with van der Waals surface area (Å²) in [6.45, 7) is -0.0170. The first-order chi connectivity index (χ1) is 15.9. The number of halogens is 3. The van der Waals surface area contributed by atoms with Crippen LogP contribution in [0.5, 0.6) is 11.5 Å². The summed E-state index contributed by atoms with van der Waals surface area (Å²) in [4.78, 5) is 14.7. The highest BCUT2D eigenvalue weighted by Crippen LogP contribution is 2.40. The van der Waals surface area contributed by atoms with Gasteiger partial charge in [0.25, 0.3) is 5.91 Å². The van der Waals surface area contributed by atoms with E-state index in [4.69, 9.17) is 26.5 Å². The fraction of sp³-hybridized carbons (Fsp3) is 0.0833. The Balaban J connectivity index is 1.58. The molecule has 1 saturated heterocycles. The Morgan fingerprint density at radius 3 is 2.61 bits per heavy atom. The molecule has 5 nitrogen and oxygen atoms in total. The summed E-state index contributed by atoms with van der Waals surface area (Å²) in [6, 6.07) is 16.8. The molecule has 1 heterocycles. The minimum Gasteiger partial charge on any atom is -0.493 e. The third-order valence-electron chi connectivity index (χ3n) is 4.79. The van der Waals surface area contributed by atoms with Gasteiger partial charge in [0.1, 0.15) is 12.4 Å². The quantitative estimate of drug-likeness (QED) is 0.342. The number of nitrogens with zero attached hydrogens (tertiary/aromatic N) is 1. The van der Waals surface area contributed by atoms with Gasteiger partial charge >= 0.3 is 0 Å². The van der Waals surface area contributed by atoms with Gasteiger partial charge in [-0.25, -0.2) is 4.39 Å². The van der Waals surface area contributed by atoms with E-state index in [1.807, 2.05) is 12.1 Å². The number of methoxy groups -OCH3 is 1. The molecule has 0 aromatic heterocycles. The van der Waals surface area contributed by atoms with Crippen molar-refractivity contribution in [2.45, 2.75) is 6.61 Å². The number of benzene rings is 3. The molecule has 1 N–H and O–H groups in total. The van der Waals surface area contributed by atoms with Crippen LogP contribution in [0.3, 0.4) is 0 Å². The summed E-state index contributed by atoms with van der Waals surface area (Å²) in [5.41, 5.74) is 1.61. The predicted octanol–water partition coefficient (Wildman–Crippen LogP) is 6.88. The van der Waals surface area contributed by atoms with Gasteiger partial charge in [-0.2, -0.15) is 0 Å². The van der Waals surface area contributed by atoms with Crippen molar-refractivity contribution >= 4 is 62.1 Å². The minimum atomic E-state index is -0.372. The number of carbonyl (C=O) groups excluding carboxylic acids is 1. The molecule has 33 heavy (non-hydrogen) atoms. The Labute approximate surface area is 207 Å². The number of ether oxygens (including phenoxy) is 2. The molecule has 3 aromatic carbocycles. The zero-order chi connectivity index (χ0) is 23.5. The lowest BCUT2D eigenvalue weighted by atomic mass is 10.1. The zero-order valence-electron chi connectivity index (χ0n) is 17.3. The first-order valence-electron chi connectivity index (χ1n) is 9.69. The second-order valence-corrected chi connectivity index (χ2v) is 9.30. The molecule has 9 heteroatoms. The van der Waals surface area contributed by atoms with Crippen molar-refractivity contribution in [1.82, 2.24) is 0 Å². The molecule has 0 spiro atoms. The molecule has 1 aliphatic heterocycles. The van der Waals surface area contributed by atoms with Crippen LogP contribution in [-0.2, 0) is 11.4 Å². The second-order valence-electron chi connectivity index (χ2n) is 6.95. The third-order valence-corrected chi connectivity index (χ3v) is 6.49. The van der Waals surface area contributed by atoms with Gasteiger partial charge in [-0.05, 0) is 65.9 Å². The average Bonchev–Trinajstić information content (AvgIpc) is 3.07. The summed E-state index contributed by atoms with van der Waals surface area (Å²) >= 11 is 10.9. The predicted molar refractivity (Wildman–Crippen MR) is 134 cm³/mol. The summed E-state index contributed by atoms with van der Waals surface area (Å²) in [5, 5.41) is 8.61. The maximum atomic E-state index is 13.9. The maximum absolute atomic E-state index is 13.9. The molecule has 4 rings (SSSR count). The van der Waals surface area contributed by atoms with Crippen LogP contribution >= 0.6 is 39.3 Å². The number of carbonyl (C=O) groups is 1. The van der Waals surface area contributed by atoms with Gasteiger partial charge in [0, 0.05) is 10.0 Å². The van der Waals surface area contributed by atoms with Gasteiger partial charge in [-0.15, -0.1) is 0 Å². The number of hydrogen-bond donors (Lipinski definition) is 1. The van der Waals surface area contributed by atoms with Gasteiger partial charge in [-0.1, -0.05) is 45.7 Å². The van der Waals surface area contributed by atoms with Crippen molar-refractivity contribution in [1.29, 1.82) is 5.41 Å². The highest BCUT2D eigenvalue weighted by Gasteiger charge is 2.33. The SMILES string of the molecule is COc1cc(C=C2SC(=N)N(c3ccc(Br)cc3)C2=O)cc(Cl)c1OCc1ccccc1F. The van der Waals surface area contributed by atoms with Crippen molar-refractivity contribution in [3.63, 3.8) is 0 Å². The molecular formula is C24H17BrClFN2O3S. The topological polar surface area (TPSA) is 62.6 Å². The number of hydrogen-bond acceptors (Lipinski definition) is 5. The largest absolute Gasteiger partial charge is 0.493 e. The lowest BCUT2D eigenvalue weighted by Gasteiger charge is -2.14. The van der Waals surface area contributed by atoms with Crippen LogP contribution < -0.4 is 14.4 Å². The number of amides is 1. The van der Waals surface area contributed by atoms with Crippen LogP contribution in [0, 0.1) is 11.2 Å². The second kappa shape index (κ2) is 9.99. The normalized spacial score (nSPS) is 14.8. The summed E-state index contributed by atoms with van der Waals surface area (Å²) < 4.78 is 25.9. The van der Waals surface area contributed by atoms with Gasteiger partial charge in [0.05, 0.1) is 22.7 Å². The smallest absolute Gasteiger partial charge is 0.271 e. The third kappa shape index (κ3) is 5.08. The molecule has 1 amide bonds. The maximum Gasteiger partial charge on any atom is 0.271 e. The van der Waals surface area contributed by atoms with Crippen LogP contribution in [0.2, 0.25) is 5.02 Å². The van der Waals surface area contributed by atoms with Gasteiger partial charge in [-0.3, -0.25) is 15.1 Å². The Hall–Kier alpha value is -2.81. The zero-order valence-corrected chi connectivity index (χ0v) is 20.4. The van der Waals surface area contributed by atoms with Crippen LogP contribution in [0.15, 0.2) is 70.0 Å². The van der Waals surface area contributed by atoms with Crippen LogP contribution in [0.25, 0.3) is 6.08 Å². The van der Waals surface area contributed by atoms with E-state index in [9.17, 15) is 9.18 Å². The highest BCUT2D eigenvalue weighted by molar-refractivity contribution is 9.10. The molecule has 3 aromatic rings. The number of anilines is 1. The summed E-state index contributed by atoms with van der Waals surface area (Å²) in [6.07, 6.45) is 1.65. The summed E-state index contributed by atoms with van der Waals surface area (Å²) in [7, 11) is 1.47. The van der Waals surface area contributed by atoms with E-state index in [-0.39, 0.29) is 34.3 Å². The lowest BCUT2D eigenvalue weighted by molar-refractivity contribution is -0.113. The van der Waals surface area contributed by atoms with E-state index < -0.39 is 0 Å². The van der Waals surface area contributed by atoms with Gasteiger partial charge in [0.15, 0.2) is 16.7 Å². The molecule has 0 saturated carbocycles. The van der Waals surface area contributed by atoms with Gasteiger partial charge in [0.2, 0.25) is 0 Å². The molecule has 1 aliphatic rings. The molecule has 0 unspecified atom stereocenters. The monoisotopic (exact) mass is 546 g/mol. The first-order valence-corrected chi connectivity index (χ1v) is 11.7. The lowest BCUT2D eigenvalue weighted by Crippen LogP contribution is -2.27.